The standard InChI is InChI=1S/C61H82BrCl2N5O14/c1-34(2)42(29-41(70)17-12-13-22-59(7,8)83-56(75)37(5)33-62)55(74)67-45(18-15-23-66-57(65)76)47(71)28-39-20-21-44(43(63)26-39)68-58(77)81-50-30-51(72)69(10)46-27-40(25-36(4)53(46)64)24-35(3)16-14-19-49(79-11)61(78)31-48(80-52(73)32-61)38(6)54-60(50,9)82-54/h14,16,19-21,25-27,34,38,42,45,48-50,54,78H,5,12-13,15,17-18,22-24,28-33H2,1-4,6-11H3,(H,67,74)(H,68,77)(H3,65,66,76)/b19-14+,35-16+/t38-,42+,45+,48+,49-,50+,54+,60+,61-/m1/s1. The predicted octanol–water partition coefficient (Wildman–Crippen LogP) is 9.69. The van der Waals surface area contributed by atoms with E-state index in [2.05, 4.69) is 38.5 Å². The van der Waals surface area contributed by atoms with Gasteiger partial charge in [-0.1, -0.05) is 102 Å². The number of primary amides is 1. The van der Waals surface area contributed by atoms with E-state index in [1.165, 1.54) is 24.1 Å². The number of unbranched alkanes of at least 4 members (excludes halogenated alkanes) is 1. The first-order chi connectivity index (χ1) is 38.9. The van der Waals surface area contributed by atoms with Crippen molar-refractivity contribution in [1.82, 2.24) is 10.6 Å². The monoisotopic (exact) mass is 1260 g/mol. The molecule has 5 rings (SSSR count). The van der Waals surface area contributed by atoms with Crippen LogP contribution < -0.4 is 26.6 Å². The van der Waals surface area contributed by atoms with Crippen molar-refractivity contribution in [2.75, 3.05) is 36.2 Å². The lowest BCUT2D eigenvalue weighted by Crippen LogP contribution is -2.53. The van der Waals surface area contributed by atoms with Gasteiger partial charge in [0, 0.05) is 69.1 Å². The number of halogens is 3. The number of nitrogens with one attached hydrogen (secondary N) is 3. The molecule has 2 fully saturated rings. The van der Waals surface area contributed by atoms with Crippen LogP contribution in [-0.2, 0) is 65.3 Å². The van der Waals surface area contributed by atoms with E-state index in [1.807, 2.05) is 45.9 Å². The number of ketones is 2. The fourth-order valence-electron chi connectivity index (χ4n) is 10.6. The predicted molar refractivity (Wildman–Crippen MR) is 320 cm³/mol. The molecule has 0 saturated carbocycles. The molecular weight excluding hydrogens is 1180 g/mol. The summed E-state index contributed by atoms with van der Waals surface area (Å²) in [6.45, 7) is 18.3. The fraction of sp³-hybridized carbons (Fsp3) is 0.574. The number of amides is 5. The maximum absolute atomic E-state index is 14.4. The molecule has 0 aliphatic carbocycles. The molecule has 19 nitrogen and oxygen atoms in total. The SMILES string of the molecule is C=C(CBr)C(=O)OC(C)(C)CCCCC(=O)C[C@H](C(=O)N[C@@H](CCCNC(N)=O)C(=O)Cc1ccc(NC(=O)O[C@H]2CC(=O)N(C)c3cc(cc(C)c3Cl)C/C(C)=C/C=C/[C@@H](OC)[C@]3(O)CC(=O)O[C@@H](C3)[C@@H](C)[C@@H]3O[C@@]23C)c(Cl)c1)C(C)C. The highest BCUT2D eigenvalue weighted by molar-refractivity contribution is 9.09. The summed E-state index contributed by atoms with van der Waals surface area (Å²) >= 11 is 16.8. The van der Waals surface area contributed by atoms with Crippen LogP contribution in [0.3, 0.4) is 0 Å². The summed E-state index contributed by atoms with van der Waals surface area (Å²) < 4.78 is 29.6. The minimum atomic E-state index is -1.64. The molecule has 5 amide bonds. The summed E-state index contributed by atoms with van der Waals surface area (Å²) in [5.41, 5.74) is 5.40. The number of aryl methyl sites for hydroxylation is 1. The number of hydrogen-bond donors (Lipinski definition) is 5. The molecule has 9 atom stereocenters. The third-order valence-electron chi connectivity index (χ3n) is 15.7. The lowest BCUT2D eigenvalue weighted by atomic mass is 9.78. The number of aliphatic hydroxyl groups is 1. The molecule has 0 unspecified atom stereocenters. The number of anilines is 2. The lowest BCUT2D eigenvalue weighted by Gasteiger charge is -2.41. The van der Waals surface area contributed by atoms with Gasteiger partial charge in [-0.05, 0) is 114 Å². The van der Waals surface area contributed by atoms with Crippen molar-refractivity contribution in [2.45, 2.75) is 180 Å². The number of benzene rings is 2. The second-order valence-corrected chi connectivity index (χ2v) is 24.7. The van der Waals surface area contributed by atoms with Crippen molar-refractivity contribution >= 4 is 98.0 Å². The van der Waals surface area contributed by atoms with E-state index >= 15 is 0 Å². The number of esters is 2. The Morgan fingerprint density at radius 2 is 1.77 bits per heavy atom. The van der Waals surface area contributed by atoms with Gasteiger partial charge in [0.05, 0.1) is 46.4 Å². The minimum absolute atomic E-state index is 0.00346. The Hall–Kier alpha value is -5.64. The summed E-state index contributed by atoms with van der Waals surface area (Å²) in [7, 11) is 3.04. The summed E-state index contributed by atoms with van der Waals surface area (Å²) in [6, 6.07) is 6.52. The van der Waals surface area contributed by atoms with Crippen molar-refractivity contribution in [3.05, 3.63) is 93.0 Å². The number of carbonyl (C=O) groups is 8. The van der Waals surface area contributed by atoms with E-state index in [1.54, 1.807) is 53.0 Å². The summed E-state index contributed by atoms with van der Waals surface area (Å²) in [5, 5.41) is 20.7. The highest BCUT2D eigenvalue weighted by Gasteiger charge is 2.64. The maximum Gasteiger partial charge on any atom is 0.412 e. The first-order valence-electron chi connectivity index (χ1n) is 28.0. The van der Waals surface area contributed by atoms with E-state index in [4.69, 9.17) is 52.6 Å². The Balaban J connectivity index is 1.31. The number of urea groups is 1. The number of hydrogen-bond acceptors (Lipinski definition) is 14. The Morgan fingerprint density at radius 3 is 2.42 bits per heavy atom. The molecule has 6 N–H and O–H groups in total. The van der Waals surface area contributed by atoms with E-state index < -0.39 is 95.0 Å². The molecule has 0 spiro atoms. The van der Waals surface area contributed by atoms with Gasteiger partial charge in [0.2, 0.25) is 11.8 Å². The number of allylic oxidation sites excluding steroid dienone is 3. The van der Waals surface area contributed by atoms with Crippen LogP contribution in [0.1, 0.15) is 129 Å². The molecule has 83 heavy (non-hydrogen) atoms. The number of Topliss-reactive ketones (excluding diaryl/α,β-unsaturated/α-hetero) is 2. The van der Waals surface area contributed by atoms with E-state index in [-0.39, 0.29) is 86.1 Å². The molecule has 0 aromatic heterocycles. The molecule has 0 radical (unpaired) electrons. The Labute approximate surface area is 505 Å². The zero-order valence-electron chi connectivity index (χ0n) is 49.3. The van der Waals surface area contributed by atoms with Gasteiger partial charge in [0.15, 0.2) is 5.78 Å². The van der Waals surface area contributed by atoms with Crippen LogP contribution in [0.5, 0.6) is 0 Å². The highest BCUT2D eigenvalue weighted by atomic mass is 79.9. The van der Waals surface area contributed by atoms with Gasteiger partial charge in [-0.25, -0.2) is 14.4 Å². The van der Waals surface area contributed by atoms with Gasteiger partial charge >= 0.3 is 24.1 Å². The van der Waals surface area contributed by atoms with E-state index in [0.29, 0.717) is 52.9 Å². The first kappa shape index (κ1) is 68.1. The maximum atomic E-state index is 14.4. The number of alkyl halides is 1. The van der Waals surface area contributed by atoms with Crippen LogP contribution in [-0.4, -0.2) is 126 Å². The largest absolute Gasteiger partial charge is 0.462 e. The van der Waals surface area contributed by atoms with E-state index in [0.717, 1.165) is 16.7 Å². The normalized spacial score (nSPS) is 24.6. The van der Waals surface area contributed by atoms with Gasteiger partial charge in [0.1, 0.15) is 40.9 Å². The number of ether oxygens (including phenoxy) is 5. The second-order valence-electron chi connectivity index (χ2n) is 23.4. The van der Waals surface area contributed by atoms with Crippen LogP contribution in [0.25, 0.3) is 0 Å². The molecule has 22 heteroatoms. The van der Waals surface area contributed by atoms with Crippen LogP contribution in [0.2, 0.25) is 10.0 Å². The van der Waals surface area contributed by atoms with Gasteiger partial charge < -0.3 is 50.1 Å². The molecule has 2 aromatic rings. The number of rotatable bonds is 23. The first-order valence-corrected chi connectivity index (χ1v) is 29.9. The average Bonchev–Trinajstić information content (AvgIpc) is 1.90. The number of nitrogens with two attached hydrogens (primary N) is 1. The summed E-state index contributed by atoms with van der Waals surface area (Å²) in [6.07, 6.45) is 2.46. The molecule has 3 aliphatic heterocycles. The van der Waals surface area contributed by atoms with Gasteiger partial charge in [-0.3, -0.25) is 29.3 Å². The Kier molecular flexibility index (Phi) is 24.6. The lowest BCUT2D eigenvalue weighted by molar-refractivity contribution is -0.187. The van der Waals surface area contributed by atoms with Gasteiger partial charge in [-0.2, -0.15) is 0 Å². The number of methoxy groups -OCH3 is 1. The van der Waals surface area contributed by atoms with Crippen molar-refractivity contribution < 1.29 is 67.1 Å². The highest BCUT2D eigenvalue weighted by Crippen LogP contribution is 2.50. The molecule has 4 bridgehead atoms. The summed E-state index contributed by atoms with van der Waals surface area (Å²) in [5.74, 6) is -4.17. The van der Waals surface area contributed by atoms with Gasteiger partial charge in [-0.15, -0.1) is 0 Å². The summed E-state index contributed by atoms with van der Waals surface area (Å²) in [4.78, 5) is 108. The molecule has 3 heterocycles. The number of fused-ring (bicyclic) bond motifs is 5. The van der Waals surface area contributed by atoms with E-state index in [9.17, 15) is 43.5 Å². The van der Waals surface area contributed by atoms with Gasteiger partial charge in [0.25, 0.3) is 0 Å². The number of nitrogens with zero attached hydrogens (tertiary/aromatic N) is 1. The molecule has 3 aliphatic rings. The molecule has 2 aromatic carbocycles. The van der Waals surface area contributed by atoms with Crippen LogP contribution >= 0.6 is 39.1 Å². The topological polar surface area (TPSA) is 272 Å². The van der Waals surface area contributed by atoms with Crippen LogP contribution in [0.15, 0.2) is 66.3 Å². The van der Waals surface area contributed by atoms with Crippen molar-refractivity contribution in [1.29, 1.82) is 0 Å². The molecule has 2 saturated heterocycles. The average molecular weight is 1260 g/mol. The number of epoxide rings is 1. The van der Waals surface area contributed by atoms with Crippen LogP contribution in [0.4, 0.5) is 21.0 Å². The third kappa shape index (κ3) is 19.2. The zero-order valence-corrected chi connectivity index (χ0v) is 52.4. The van der Waals surface area contributed by atoms with Crippen molar-refractivity contribution in [3.8, 4) is 0 Å². The third-order valence-corrected chi connectivity index (χ3v) is 17.1. The van der Waals surface area contributed by atoms with Crippen LogP contribution in [0, 0.1) is 24.7 Å². The Morgan fingerprint density at radius 1 is 1.06 bits per heavy atom. The minimum Gasteiger partial charge on any atom is -0.462 e. The second kappa shape index (κ2) is 29.9. The van der Waals surface area contributed by atoms with Crippen molar-refractivity contribution in [2.24, 2.45) is 23.5 Å². The Bertz CT molecular complexity index is 2820. The van der Waals surface area contributed by atoms with Crippen molar-refractivity contribution in [3.63, 3.8) is 0 Å². The quantitative estimate of drug-likeness (QED) is 0.0173. The number of carbonyl (C=O) groups excluding carboxylic acids is 8. The smallest absolute Gasteiger partial charge is 0.412 e. The fourth-order valence-corrected chi connectivity index (χ4v) is 11.4. The molecule has 456 valence electrons. The zero-order chi connectivity index (χ0) is 61.7. The molecular formula is C61H82BrCl2N5O14.